The molecule has 0 aliphatic carbocycles. The molecule has 0 radical (unpaired) electrons. The van der Waals surface area contributed by atoms with Crippen LogP contribution in [-0.4, -0.2) is 50.7 Å². The predicted octanol–water partition coefficient (Wildman–Crippen LogP) is 2.46. The molecule has 0 unspecified atom stereocenters. The summed E-state index contributed by atoms with van der Waals surface area (Å²) in [6, 6.07) is 1.56. The van der Waals surface area contributed by atoms with E-state index in [9.17, 15) is 9.90 Å². The summed E-state index contributed by atoms with van der Waals surface area (Å²) in [4.78, 5) is 23.2. The number of hydrogen-bond acceptors (Lipinski definition) is 5. The van der Waals surface area contributed by atoms with Gasteiger partial charge in [-0.15, -0.1) is 0 Å². The number of nitrogens with zero attached hydrogens (tertiary/aromatic N) is 4. The predicted molar refractivity (Wildman–Crippen MR) is 86.3 cm³/mol. The second-order valence-corrected chi connectivity index (χ2v) is 6.86. The Morgan fingerprint density at radius 3 is 2.73 bits per heavy atom. The van der Waals surface area contributed by atoms with Crippen LogP contribution in [0.4, 0.5) is 16.6 Å². The first-order valence-corrected chi connectivity index (χ1v) is 7.63. The third-order valence-corrected chi connectivity index (χ3v) is 3.91. The van der Waals surface area contributed by atoms with Crippen molar-refractivity contribution in [3.8, 4) is 0 Å². The number of aromatic nitrogens is 2. The maximum absolute atomic E-state index is 11.6. The minimum absolute atomic E-state index is 0.0961. The van der Waals surface area contributed by atoms with E-state index >= 15 is 0 Å². The van der Waals surface area contributed by atoms with Crippen molar-refractivity contribution in [1.82, 2.24) is 14.9 Å². The molecule has 1 aliphatic heterocycles. The van der Waals surface area contributed by atoms with Gasteiger partial charge in [-0.1, -0.05) is 11.6 Å². The summed E-state index contributed by atoms with van der Waals surface area (Å²) in [5.74, 6) is 0.761. The Labute approximate surface area is 135 Å². The topological polar surface area (TPSA) is 95.6 Å². The van der Waals surface area contributed by atoms with Crippen LogP contribution in [0.2, 0.25) is 5.15 Å². The summed E-state index contributed by atoms with van der Waals surface area (Å²) in [5, 5.41) is 9.83. The van der Waals surface area contributed by atoms with Gasteiger partial charge in [0.2, 0.25) is 5.95 Å². The highest BCUT2D eigenvalue weighted by molar-refractivity contribution is 6.29. The highest BCUT2D eigenvalue weighted by Gasteiger charge is 2.36. The van der Waals surface area contributed by atoms with E-state index in [-0.39, 0.29) is 17.1 Å². The SMILES string of the molecule is CC(C)(C)N(C(=O)O)[C@@H]1CCCN(c2cc(Cl)nc(N)n2)C1. The van der Waals surface area contributed by atoms with Gasteiger partial charge in [-0.2, -0.15) is 4.98 Å². The van der Waals surface area contributed by atoms with Crippen LogP contribution in [-0.2, 0) is 0 Å². The molecule has 1 atom stereocenters. The summed E-state index contributed by atoms with van der Waals surface area (Å²) >= 11 is 5.93. The van der Waals surface area contributed by atoms with Crippen LogP contribution in [0.25, 0.3) is 0 Å². The molecule has 0 saturated carbocycles. The highest BCUT2D eigenvalue weighted by Crippen LogP contribution is 2.27. The van der Waals surface area contributed by atoms with Crippen molar-refractivity contribution in [2.24, 2.45) is 0 Å². The highest BCUT2D eigenvalue weighted by atomic mass is 35.5. The van der Waals surface area contributed by atoms with Crippen molar-refractivity contribution < 1.29 is 9.90 Å². The summed E-state index contributed by atoms with van der Waals surface area (Å²) in [6.07, 6.45) is 0.806. The molecule has 8 heteroatoms. The van der Waals surface area contributed by atoms with Crippen LogP contribution in [0, 0.1) is 0 Å². The lowest BCUT2D eigenvalue weighted by Gasteiger charge is -2.44. The molecule has 122 valence electrons. The van der Waals surface area contributed by atoms with Crippen molar-refractivity contribution in [1.29, 1.82) is 0 Å². The van der Waals surface area contributed by atoms with Gasteiger partial charge < -0.3 is 15.7 Å². The fraction of sp³-hybridized carbons (Fsp3) is 0.643. The molecule has 1 amide bonds. The zero-order valence-corrected chi connectivity index (χ0v) is 13.8. The number of piperidine rings is 1. The largest absolute Gasteiger partial charge is 0.465 e. The van der Waals surface area contributed by atoms with Crippen LogP contribution in [0.3, 0.4) is 0 Å². The maximum atomic E-state index is 11.6. The first-order valence-electron chi connectivity index (χ1n) is 7.26. The smallest absolute Gasteiger partial charge is 0.408 e. The van der Waals surface area contributed by atoms with Gasteiger partial charge in [-0.05, 0) is 33.6 Å². The second-order valence-electron chi connectivity index (χ2n) is 6.47. The van der Waals surface area contributed by atoms with Gasteiger partial charge in [0.25, 0.3) is 0 Å². The molecule has 1 aliphatic rings. The number of amides is 1. The Hall–Kier alpha value is -1.76. The van der Waals surface area contributed by atoms with E-state index in [4.69, 9.17) is 17.3 Å². The fourth-order valence-electron chi connectivity index (χ4n) is 2.95. The zero-order chi connectivity index (χ0) is 16.5. The van der Waals surface area contributed by atoms with E-state index in [2.05, 4.69) is 9.97 Å². The standard InChI is InChI=1S/C14H22ClN5O2/c1-14(2,3)20(13(21)22)9-5-4-6-19(8-9)11-7-10(15)17-12(16)18-11/h7,9H,4-6,8H2,1-3H3,(H,21,22)(H2,16,17,18)/t9-/m1/s1. The van der Waals surface area contributed by atoms with Gasteiger partial charge in [-0.3, -0.25) is 4.90 Å². The molecule has 2 heterocycles. The molecule has 0 spiro atoms. The number of hydrogen-bond donors (Lipinski definition) is 2. The van der Waals surface area contributed by atoms with Gasteiger partial charge in [0.1, 0.15) is 11.0 Å². The second kappa shape index (κ2) is 6.16. The van der Waals surface area contributed by atoms with Gasteiger partial charge in [-0.25, -0.2) is 9.78 Å². The number of carbonyl (C=O) groups is 1. The Morgan fingerprint density at radius 2 is 2.18 bits per heavy atom. The van der Waals surface area contributed by atoms with E-state index < -0.39 is 11.6 Å². The van der Waals surface area contributed by atoms with Gasteiger partial charge in [0.05, 0.1) is 6.04 Å². The molecule has 0 bridgehead atoms. The lowest BCUT2D eigenvalue weighted by Crippen LogP contribution is -2.57. The molecule has 0 aromatic carbocycles. The third kappa shape index (κ3) is 3.71. The average Bonchev–Trinajstić information content (AvgIpc) is 2.35. The average molecular weight is 328 g/mol. The van der Waals surface area contributed by atoms with E-state index in [1.807, 2.05) is 25.7 Å². The Bertz CT molecular complexity index is 540. The molecule has 3 N–H and O–H groups in total. The Morgan fingerprint density at radius 1 is 1.50 bits per heavy atom. The molecule has 2 rings (SSSR count). The molecule has 1 fully saturated rings. The summed E-state index contributed by atoms with van der Waals surface area (Å²) in [7, 11) is 0. The fourth-order valence-corrected chi connectivity index (χ4v) is 3.13. The number of anilines is 2. The maximum Gasteiger partial charge on any atom is 0.408 e. The van der Waals surface area contributed by atoms with E-state index in [1.165, 1.54) is 4.90 Å². The van der Waals surface area contributed by atoms with Gasteiger partial charge in [0.15, 0.2) is 0 Å². The lowest BCUT2D eigenvalue weighted by molar-refractivity contribution is 0.0647. The van der Waals surface area contributed by atoms with Crippen molar-refractivity contribution >= 4 is 29.5 Å². The molecule has 1 aromatic rings. The zero-order valence-electron chi connectivity index (χ0n) is 13.1. The van der Waals surface area contributed by atoms with Crippen molar-refractivity contribution in [2.45, 2.75) is 45.2 Å². The molecular weight excluding hydrogens is 306 g/mol. The van der Waals surface area contributed by atoms with Crippen LogP contribution >= 0.6 is 11.6 Å². The molecule has 1 aromatic heterocycles. The Kier molecular flexibility index (Phi) is 4.65. The van der Waals surface area contributed by atoms with Crippen LogP contribution in [0.1, 0.15) is 33.6 Å². The van der Waals surface area contributed by atoms with Crippen molar-refractivity contribution in [2.75, 3.05) is 23.7 Å². The van der Waals surface area contributed by atoms with Crippen molar-refractivity contribution in [3.05, 3.63) is 11.2 Å². The van der Waals surface area contributed by atoms with Crippen LogP contribution in [0.5, 0.6) is 0 Å². The Balaban J connectivity index is 2.22. The normalized spacial score (nSPS) is 19.1. The molecule has 7 nitrogen and oxygen atoms in total. The minimum Gasteiger partial charge on any atom is -0.465 e. The summed E-state index contributed by atoms with van der Waals surface area (Å²) in [5.41, 5.74) is 5.18. The number of rotatable bonds is 2. The van der Waals surface area contributed by atoms with Gasteiger partial charge >= 0.3 is 6.09 Å². The van der Waals surface area contributed by atoms with E-state index in [0.29, 0.717) is 12.4 Å². The van der Waals surface area contributed by atoms with E-state index in [1.54, 1.807) is 6.07 Å². The summed E-state index contributed by atoms with van der Waals surface area (Å²) < 4.78 is 0. The third-order valence-electron chi connectivity index (χ3n) is 3.71. The van der Waals surface area contributed by atoms with E-state index in [0.717, 1.165) is 19.4 Å². The summed E-state index contributed by atoms with van der Waals surface area (Å²) in [6.45, 7) is 7.07. The van der Waals surface area contributed by atoms with Crippen LogP contribution in [0.15, 0.2) is 6.07 Å². The molecular formula is C14H22ClN5O2. The first kappa shape index (κ1) is 16.6. The minimum atomic E-state index is -0.903. The molecule has 22 heavy (non-hydrogen) atoms. The lowest BCUT2D eigenvalue weighted by atomic mass is 9.97. The van der Waals surface area contributed by atoms with Crippen LogP contribution < -0.4 is 10.6 Å². The number of nitrogens with two attached hydrogens (primary N) is 1. The first-order chi connectivity index (χ1) is 10.2. The number of nitrogen functional groups attached to an aromatic ring is 1. The number of halogens is 1. The van der Waals surface area contributed by atoms with Gasteiger partial charge in [0, 0.05) is 24.7 Å². The number of carboxylic acid groups (broad SMARTS) is 1. The van der Waals surface area contributed by atoms with Crippen molar-refractivity contribution in [3.63, 3.8) is 0 Å². The monoisotopic (exact) mass is 327 g/mol. The molecule has 1 saturated heterocycles. The quantitative estimate of drug-likeness (QED) is 0.810.